The van der Waals surface area contributed by atoms with Crippen LogP contribution in [0.4, 0.5) is 5.82 Å². The number of rotatable bonds is 4. The van der Waals surface area contributed by atoms with Crippen molar-refractivity contribution < 1.29 is 4.74 Å². The van der Waals surface area contributed by atoms with E-state index in [-0.39, 0.29) is 0 Å². The molecule has 3 N–H and O–H groups in total. The Labute approximate surface area is 153 Å². The van der Waals surface area contributed by atoms with Crippen molar-refractivity contribution in [1.82, 2.24) is 19.9 Å². The van der Waals surface area contributed by atoms with Crippen LogP contribution in [0.1, 0.15) is 30.5 Å². The second-order valence-corrected chi connectivity index (χ2v) is 7.24. The Morgan fingerprint density at radius 3 is 2.54 bits per heavy atom. The van der Waals surface area contributed by atoms with E-state index in [9.17, 15) is 0 Å². The van der Waals surface area contributed by atoms with Gasteiger partial charge in [0.25, 0.3) is 0 Å². The molecule has 0 radical (unpaired) electrons. The molecule has 2 atom stereocenters. The van der Waals surface area contributed by atoms with Crippen LogP contribution in [0.5, 0.6) is 0 Å². The second kappa shape index (κ2) is 7.05. The molecular formula is C20H25N5O. The predicted molar refractivity (Wildman–Crippen MR) is 103 cm³/mol. The number of nitrogens with two attached hydrogens (primary N) is 1. The van der Waals surface area contributed by atoms with Crippen LogP contribution in [0.15, 0.2) is 36.8 Å². The highest BCUT2D eigenvalue weighted by Gasteiger charge is 2.21. The number of H-pyrrole nitrogens is 1. The summed E-state index contributed by atoms with van der Waals surface area (Å²) in [6.45, 7) is 7.23. The number of morpholine rings is 1. The van der Waals surface area contributed by atoms with Crippen molar-refractivity contribution in [2.24, 2.45) is 0 Å². The van der Waals surface area contributed by atoms with Crippen LogP contribution in [0.25, 0.3) is 11.0 Å². The van der Waals surface area contributed by atoms with Gasteiger partial charge in [0.05, 0.1) is 17.7 Å². The summed E-state index contributed by atoms with van der Waals surface area (Å²) >= 11 is 0. The quantitative estimate of drug-likeness (QED) is 0.755. The first kappa shape index (κ1) is 17.0. The molecule has 6 heteroatoms. The molecule has 3 heterocycles. The lowest BCUT2D eigenvalue weighted by Crippen LogP contribution is -2.44. The SMILES string of the molecule is CC1CN(Cc2ccc(Cc3c[nH]c4c(N)ncnc34)cc2)CC(C)O1. The summed E-state index contributed by atoms with van der Waals surface area (Å²) in [4.78, 5) is 14.0. The zero-order valence-electron chi connectivity index (χ0n) is 15.3. The largest absolute Gasteiger partial charge is 0.382 e. The average molecular weight is 351 g/mol. The van der Waals surface area contributed by atoms with Crippen LogP contribution < -0.4 is 5.73 Å². The molecule has 0 amide bonds. The van der Waals surface area contributed by atoms with Crippen molar-refractivity contribution >= 4 is 16.9 Å². The van der Waals surface area contributed by atoms with Gasteiger partial charge >= 0.3 is 0 Å². The third-order valence-corrected chi connectivity index (χ3v) is 4.89. The maximum Gasteiger partial charge on any atom is 0.151 e. The molecule has 6 nitrogen and oxygen atoms in total. The van der Waals surface area contributed by atoms with E-state index in [1.807, 2.05) is 6.20 Å². The van der Waals surface area contributed by atoms with E-state index in [1.165, 1.54) is 17.5 Å². The minimum Gasteiger partial charge on any atom is -0.382 e. The summed E-state index contributed by atoms with van der Waals surface area (Å²) in [6.07, 6.45) is 4.91. The van der Waals surface area contributed by atoms with Crippen LogP contribution in [0.2, 0.25) is 0 Å². The van der Waals surface area contributed by atoms with E-state index in [0.29, 0.717) is 18.0 Å². The van der Waals surface area contributed by atoms with Gasteiger partial charge in [-0.1, -0.05) is 24.3 Å². The van der Waals surface area contributed by atoms with Gasteiger partial charge in [-0.2, -0.15) is 0 Å². The molecule has 4 rings (SSSR count). The van der Waals surface area contributed by atoms with Crippen molar-refractivity contribution in [1.29, 1.82) is 0 Å². The minimum atomic E-state index is 0.300. The molecule has 26 heavy (non-hydrogen) atoms. The Morgan fingerprint density at radius 1 is 1.12 bits per heavy atom. The highest BCUT2D eigenvalue weighted by molar-refractivity contribution is 5.87. The first-order chi connectivity index (χ1) is 12.6. The molecule has 3 aromatic rings. The molecule has 2 unspecified atom stereocenters. The maximum atomic E-state index is 5.90. The van der Waals surface area contributed by atoms with Crippen molar-refractivity contribution in [3.63, 3.8) is 0 Å². The van der Waals surface area contributed by atoms with Crippen LogP contribution in [0.3, 0.4) is 0 Å². The van der Waals surface area contributed by atoms with Crippen LogP contribution in [-0.4, -0.2) is 45.1 Å². The summed E-state index contributed by atoms with van der Waals surface area (Å²) in [7, 11) is 0. The Balaban J connectivity index is 1.45. The van der Waals surface area contributed by atoms with Gasteiger partial charge in [0.1, 0.15) is 11.8 Å². The van der Waals surface area contributed by atoms with Gasteiger partial charge in [-0.15, -0.1) is 0 Å². The van der Waals surface area contributed by atoms with Crippen molar-refractivity contribution in [3.8, 4) is 0 Å². The van der Waals surface area contributed by atoms with Crippen LogP contribution in [-0.2, 0) is 17.7 Å². The number of aromatic nitrogens is 3. The zero-order valence-corrected chi connectivity index (χ0v) is 15.3. The van der Waals surface area contributed by atoms with Crippen molar-refractivity contribution in [2.75, 3.05) is 18.8 Å². The molecule has 2 aromatic heterocycles. The Kier molecular flexibility index (Phi) is 4.61. The number of nitrogens with zero attached hydrogens (tertiary/aromatic N) is 3. The molecule has 1 fully saturated rings. The third-order valence-electron chi connectivity index (χ3n) is 4.89. The molecule has 0 saturated carbocycles. The number of nitrogens with one attached hydrogen (secondary N) is 1. The van der Waals surface area contributed by atoms with Gasteiger partial charge in [-0.25, -0.2) is 9.97 Å². The summed E-state index contributed by atoms with van der Waals surface area (Å²) in [5.74, 6) is 0.491. The minimum absolute atomic E-state index is 0.300. The second-order valence-electron chi connectivity index (χ2n) is 7.24. The molecule has 0 bridgehead atoms. The van der Waals surface area contributed by atoms with Crippen LogP contribution >= 0.6 is 0 Å². The summed E-state index contributed by atoms with van der Waals surface area (Å²) in [6, 6.07) is 8.84. The summed E-state index contributed by atoms with van der Waals surface area (Å²) < 4.78 is 5.81. The smallest absolute Gasteiger partial charge is 0.151 e. The van der Waals surface area contributed by atoms with E-state index >= 15 is 0 Å². The Bertz CT molecular complexity index is 879. The van der Waals surface area contributed by atoms with E-state index < -0.39 is 0 Å². The molecule has 1 aromatic carbocycles. The number of hydrogen-bond acceptors (Lipinski definition) is 5. The highest BCUT2D eigenvalue weighted by atomic mass is 16.5. The number of benzene rings is 1. The van der Waals surface area contributed by atoms with E-state index in [4.69, 9.17) is 10.5 Å². The van der Waals surface area contributed by atoms with Gasteiger partial charge < -0.3 is 15.5 Å². The van der Waals surface area contributed by atoms with Gasteiger partial charge in [-0.3, -0.25) is 4.90 Å². The van der Waals surface area contributed by atoms with Gasteiger partial charge in [0.2, 0.25) is 0 Å². The lowest BCUT2D eigenvalue weighted by atomic mass is 10.0. The topological polar surface area (TPSA) is 80.1 Å². The Morgan fingerprint density at radius 2 is 1.81 bits per heavy atom. The fourth-order valence-corrected chi connectivity index (χ4v) is 3.80. The first-order valence-corrected chi connectivity index (χ1v) is 9.10. The monoisotopic (exact) mass is 351 g/mol. The number of anilines is 1. The molecule has 1 aliphatic heterocycles. The van der Waals surface area contributed by atoms with Crippen LogP contribution in [0, 0.1) is 0 Å². The summed E-state index contributed by atoms with van der Waals surface area (Å²) in [5.41, 5.74) is 11.3. The third kappa shape index (κ3) is 3.57. The first-order valence-electron chi connectivity index (χ1n) is 9.10. The average Bonchev–Trinajstić information content (AvgIpc) is 3.00. The van der Waals surface area contributed by atoms with Gasteiger partial charge in [0, 0.05) is 37.8 Å². The number of aromatic amines is 1. The fourth-order valence-electron chi connectivity index (χ4n) is 3.80. The molecule has 1 saturated heterocycles. The molecular weight excluding hydrogens is 326 g/mol. The normalized spacial score (nSPS) is 21.3. The van der Waals surface area contributed by atoms with Gasteiger partial charge in [0.15, 0.2) is 5.82 Å². The number of nitrogen functional groups attached to an aromatic ring is 1. The maximum absolute atomic E-state index is 5.90. The standard InChI is InChI=1S/C20H25N5O/c1-13-9-25(10-14(2)26-13)11-16-5-3-15(4-6-16)7-17-8-22-19-18(17)23-12-24-20(19)21/h3-6,8,12-14,22H,7,9-11H2,1-2H3,(H2,21,23,24). The Hall–Kier alpha value is -2.44. The predicted octanol–water partition coefficient (Wildman–Crippen LogP) is 2.74. The number of hydrogen-bond donors (Lipinski definition) is 2. The number of ether oxygens (including phenoxy) is 1. The fraction of sp³-hybridized carbons (Fsp3) is 0.400. The van der Waals surface area contributed by atoms with E-state index in [2.05, 4.69) is 58.0 Å². The number of fused-ring (bicyclic) bond motifs is 1. The van der Waals surface area contributed by atoms with Crippen molar-refractivity contribution in [2.45, 2.75) is 39.0 Å². The highest BCUT2D eigenvalue weighted by Crippen LogP contribution is 2.22. The zero-order chi connectivity index (χ0) is 18.1. The van der Waals surface area contributed by atoms with Crippen molar-refractivity contribution in [3.05, 3.63) is 53.5 Å². The summed E-state index contributed by atoms with van der Waals surface area (Å²) in [5, 5.41) is 0. The van der Waals surface area contributed by atoms with E-state index in [0.717, 1.165) is 42.7 Å². The lowest BCUT2D eigenvalue weighted by molar-refractivity contribution is -0.0704. The molecule has 1 aliphatic rings. The van der Waals surface area contributed by atoms with E-state index in [1.54, 1.807) is 0 Å². The molecule has 0 aliphatic carbocycles. The molecule has 0 spiro atoms. The molecule has 136 valence electrons. The lowest BCUT2D eigenvalue weighted by Gasteiger charge is -2.35. The van der Waals surface area contributed by atoms with Gasteiger partial charge in [-0.05, 0) is 25.0 Å².